The van der Waals surface area contributed by atoms with Gasteiger partial charge in [0.15, 0.2) is 0 Å². The summed E-state index contributed by atoms with van der Waals surface area (Å²) in [5, 5.41) is 0. The van der Waals surface area contributed by atoms with E-state index in [1.807, 2.05) is 6.20 Å². The van der Waals surface area contributed by atoms with Crippen LogP contribution in [-0.2, 0) is 20.6 Å². The van der Waals surface area contributed by atoms with Gasteiger partial charge in [-0.3, -0.25) is 0 Å². The van der Waals surface area contributed by atoms with Crippen molar-refractivity contribution >= 4 is 18.4 Å². The molecule has 0 aliphatic carbocycles. The molecule has 2 bridgehead atoms. The molecule has 2 atom stereocenters. The standard InChI is InChI=1S/C20H32BN3O3/c1-19(2)20(3,4)27-21(26-19)15-9-14(11-23(5)6)18(22-10-15)24-12-16-7-8-17(13-24)25-16/h9-10,16-17H,7-8,11-13H2,1-6H3. The Bertz CT molecular complexity index is 682. The molecule has 2 unspecified atom stereocenters. The van der Waals surface area contributed by atoms with Crippen molar-refractivity contribution in [3.8, 4) is 0 Å². The molecule has 4 rings (SSSR count). The normalized spacial score (nSPS) is 29.0. The first-order valence-corrected chi connectivity index (χ1v) is 10.0. The summed E-state index contributed by atoms with van der Waals surface area (Å²) in [6.45, 7) is 11.0. The molecule has 27 heavy (non-hydrogen) atoms. The van der Waals surface area contributed by atoms with Gasteiger partial charge >= 0.3 is 7.12 Å². The van der Waals surface area contributed by atoms with Gasteiger partial charge in [0.05, 0.1) is 23.4 Å². The monoisotopic (exact) mass is 373 g/mol. The molecule has 4 heterocycles. The van der Waals surface area contributed by atoms with Gasteiger partial charge in [-0.15, -0.1) is 0 Å². The van der Waals surface area contributed by atoms with E-state index in [-0.39, 0.29) is 18.3 Å². The third-order valence-corrected chi connectivity index (χ3v) is 6.32. The van der Waals surface area contributed by atoms with Crippen LogP contribution >= 0.6 is 0 Å². The fourth-order valence-corrected chi connectivity index (χ4v) is 4.16. The van der Waals surface area contributed by atoms with Gasteiger partial charge in [0.1, 0.15) is 5.82 Å². The van der Waals surface area contributed by atoms with Crippen LogP contribution in [0.1, 0.15) is 46.1 Å². The Hall–Kier alpha value is -1.15. The number of ether oxygens (including phenoxy) is 1. The van der Waals surface area contributed by atoms with Gasteiger partial charge in [0.25, 0.3) is 0 Å². The van der Waals surface area contributed by atoms with Crippen LogP contribution in [0.3, 0.4) is 0 Å². The lowest BCUT2D eigenvalue weighted by Gasteiger charge is -2.34. The van der Waals surface area contributed by atoms with E-state index in [9.17, 15) is 0 Å². The third-order valence-electron chi connectivity index (χ3n) is 6.32. The summed E-state index contributed by atoms with van der Waals surface area (Å²) in [5.74, 6) is 1.07. The second kappa shape index (κ2) is 6.73. The number of rotatable bonds is 4. The average Bonchev–Trinajstić information content (AvgIpc) is 3.01. The zero-order chi connectivity index (χ0) is 19.4. The Morgan fingerprint density at radius 1 is 1.11 bits per heavy atom. The van der Waals surface area contributed by atoms with E-state index >= 15 is 0 Å². The maximum Gasteiger partial charge on any atom is 0.496 e. The van der Waals surface area contributed by atoms with Gasteiger partial charge in [-0.25, -0.2) is 4.98 Å². The Balaban J connectivity index is 1.62. The zero-order valence-corrected chi connectivity index (χ0v) is 17.5. The Morgan fingerprint density at radius 3 is 2.26 bits per heavy atom. The maximum atomic E-state index is 6.23. The van der Waals surface area contributed by atoms with Crippen LogP contribution in [0.15, 0.2) is 12.3 Å². The number of hydrogen-bond donors (Lipinski definition) is 0. The zero-order valence-electron chi connectivity index (χ0n) is 17.5. The molecule has 6 nitrogen and oxygen atoms in total. The summed E-state index contributed by atoms with van der Waals surface area (Å²) < 4.78 is 18.5. The van der Waals surface area contributed by atoms with Crippen LogP contribution in [0.25, 0.3) is 0 Å². The lowest BCUT2D eigenvalue weighted by Crippen LogP contribution is -2.44. The summed E-state index contributed by atoms with van der Waals surface area (Å²) in [6.07, 6.45) is 4.95. The smallest absolute Gasteiger partial charge is 0.399 e. The number of anilines is 1. The van der Waals surface area contributed by atoms with Gasteiger partial charge < -0.3 is 23.8 Å². The quantitative estimate of drug-likeness (QED) is 0.751. The summed E-state index contributed by atoms with van der Waals surface area (Å²) in [6, 6.07) is 2.21. The summed E-state index contributed by atoms with van der Waals surface area (Å²) in [7, 11) is 3.81. The highest BCUT2D eigenvalue weighted by atomic mass is 16.7. The van der Waals surface area contributed by atoms with E-state index in [2.05, 4.69) is 57.7 Å². The molecule has 0 radical (unpaired) electrons. The fraction of sp³-hybridized carbons (Fsp3) is 0.750. The molecule has 3 saturated heterocycles. The number of morpholine rings is 1. The van der Waals surface area contributed by atoms with Crippen molar-refractivity contribution in [3.05, 3.63) is 17.8 Å². The first-order valence-electron chi connectivity index (χ1n) is 10.0. The summed E-state index contributed by atoms with van der Waals surface area (Å²) in [4.78, 5) is 9.46. The van der Waals surface area contributed by atoms with E-state index in [0.717, 1.165) is 43.8 Å². The van der Waals surface area contributed by atoms with Crippen LogP contribution in [0.5, 0.6) is 0 Å². The number of nitrogens with zero attached hydrogens (tertiary/aromatic N) is 3. The molecule has 0 aromatic carbocycles. The molecule has 1 aromatic rings. The SMILES string of the molecule is CN(C)Cc1cc(B2OC(C)(C)C(C)(C)O2)cnc1N1CC2CCC(C1)O2. The second-order valence-electron chi connectivity index (χ2n) is 9.44. The van der Waals surface area contributed by atoms with E-state index in [4.69, 9.17) is 19.0 Å². The van der Waals surface area contributed by atoms with E-state index in [0.29, 0.717) is 12.2 Å². The molecule has 7 heteroatoms. The molecule has 3 fully saturated rings. The molecule has 1 aromatic heterocycles. The van der Waals surface area contributed by atoms with E-state index in [1.165, 1.54) is 5.56 Å². The number of hydrogen-bond acceptors (Lipinski definition) is 6. The number of pyridine rings is 1. The van der Waals surface area contributed by atoms with Crippen LogP contribution in [0.2, 0.25) is 0 Å². The van der Waals surface area contributed by atoms with Gasteiger partial charge in [-0.2, -0.15) is 0 Å². The second-order valence-corrected chi connectivity index (χ2v) is 9.44. The van der Waals surface area contributed by atoms with Gasteiger partial charge in [0, 0.05) is 36.9 Å². The summed E-state index contributed by atoms with van der Waals surface area (Å²) in [5.41, 5.74) is 1.52. The van der Waals surface area contributed by atoms with E-state index in [1.54, 1.807) is 0 Å². The first kappa shape index (κ1) is 19.2. The first-order chi connectivity index (χ1) is 12.6. The highest BCUT2D eigenvalue weighted by Gasteiger charge is 2.52. The molecule has 3 aliphatic rings. The van der Waals surface area contributed by atoms with E-state index < -0.39 is 0 Å². The molecule has 0 N–H and O–H groups in total. The molecule has 0 saturated carbocycles. The van der Waals surface area contributed by atoms with Crippen molar-refractivity contribution in [2.45, 2.75) is 70.5 Å². The minimum atomic E-state index is -0.377. The minimum absolute atomic E-state index is 0.346. The lowest BCUT2D eigenvalue weighted by molar-refractivity contribution is 0.00578. The van der Waals surface area contributed by atoms with Crippen LogP contribution in [-0.4, -0.2) is 67.6 Å². The Morgan fingerprint density at radius 2 is 1.70 bits per heavy atom. The van der Waals surface area contributed by atoms with Crippen molar-refractivity contribution in [2.75, 3.05) is 32.1 Å². The largest absolute Gasteiger partial charge is 0.496 e. The highest BCUT2D eigenvalue weighted by Crippen LogP contribution is 2.37. The topological polar surface area (TPSA) is 47.1 Å². The van der Waals surface area contributed by atoms with Crippen LogP contribution in [0, 0.1) is 0 Å². The third kappa shape index (κ3) is 3.62. The predicted molar refractivity (Wildman–Crippen MR) is 107 cm³/mol. The molecular weight excluding hydrogens is 341 g/mol. The van der Waals surface area contributed by atoms with Gasteiger partial charge in [0.2, 0.25) is 0 Å². The summed E-state index contributed by atoms with van der Waals surface area (Å²) >= 11 is 0. The molecule has 3 aliphatic heterocycles. The average molecular weight is 373 g/mol. The molecule has 148 valence electrons. The minimum Gasteiger partial charge on any atom is -0.399 e. The van der Waals surface area contributed by atoms with Crippen molar-refractivity contribution < 1.29 is 14.0 Å². The van der Waals surface area contributed by atoms with Crippen molar-refractivity contribution in [1.29, 1.82) is 0 Å². The fourth-order valence-electron chi connectivity index (χ4n) is 4.16. The highest BCUT2D eigenvalue weighted by molar-refractivity contribution is 6.62. The Kier molecular flexibility index (Phi) is 4.78. The lowest BCUT2D eigenvalue weighted by atomic mass is 9.79. The van der Waals surface area contributed by atoms with Crippen LogP contribution < -0.4 is 10.4 Å². The maximum absolute atomic E-state index is 6.23. The Labute approximate surface area is 163 Å². The predicted octanol–water partition coefficient (Wildman–Crippen LogP) is 1.81. The number of fused-ring (bicyclic) bond motifs is 2. The van der Waals surface area contributed by atoms with Crippen molar-refractivity contribution in [2.24, 2.45) is 0 Å². The molecule has 0 spiro atoms. The van der Waals surface area contributed by atoms with Crippen molar-refractivity contribution in [3.63, 3.8) is 0 Å². The number of aromatic nitrogens is 1. The van der Waals surface area contributed by atoms with Gasteiger partial charge in [-0.05, 0) is 54.6 Å². The van der Waals surface area contributed by atoms with Crippen molar-refractivity contribution in [1.82, 2.24) is 9.88 Å². The molecular formula is C20H32BN3O3. The van der Waals surface area contributed by atoms with Crippen LogP contribution in [0.4, 0.5) is 5.82 Å². The van der Waals surface area contributed by atoms with Gasteiger partial charge in [-0.1, -0.05) is 6.07 Å². The molecule has 0 amide bonds.